The number of hydrogen-bond acceptors (Lipinski definition) is 4. The number of esters is 1. The van der Waals surface area contributed by atoms with Gasteiger partial charge in [0.2, 0.25) is 0 Å². The number of alkyl halides is 19. The zero-order chi connectivity index (χ0) is 27.9. The molecule has 0 aliphatic carbocycles. The van der Waals surface area contributed by atoms with Gasteiger partial charge in [-0.3, -0.25) is 0 Å². The number of nitrogens with zero attached hydrogens (tertiary/aromatic N) is 2. The Kier molecular flexibility index (Phi) is 6.45. The van der Waals surface area contributed by atoms with Gasteiger partial charge in [0, 0.05) is 0 Å². The van der Waals surface area contributed by atoms with E-state index in [-0.39, 0.29) is 0 Å². The number of carbonyl (C=O) groups excluding carboxylic acids is 1. The van der Waals surface area contributed by atoms with Crippen molar-refractivity contribution in [3.8, 4) is 0 Å². The second kappa shape index (κ2) is 7.29. The topological polar surface area (TPSA) is 32.8 Å². The Labute approximate surface area is 171 Å². The van der Waals surface area contributed by atoms with Crippen molar-refractivity contribution < 1.29 is 92.9 Å². The van der Waals surface area contributed by atoms with E-state index in [2.05, 4.69) is 4.74 Å². The lowest BCUT2D eigenvalue weighted by Crippen LogP contribution is -2.90. The predicted molar refractivity (Wildman–Crippen MR) is 61.3 cm³/mol. The summed E-state index contributed by atoms with van der Waals surface area (Å²) in [6, 6.07) is -41.6. The molecule has 34 heavy (non-hydrogen) atoms. The smallest absolute Gasteiger partial charge is 0.464 e. The van der Waals surface area contributed by atoms with Crippen LogP contribution in [-0.4, -0.2) is 77.2 Å². The molecule has 0 spiro atoms. The summed E-state index contributed by atoms with van der Waals surface area (Å²) in [6.45, 7) is 0. The summed E-state index contributed by atoms with van der Waals surface area (Å²) in [5.74, 6) is -20.0. The van der Waals surface area contributed by atoms with Crippen molar-refractivity contribution in [2.24, 2.45) is 0 Å². The number of piperazine rings is 1. The molecule has 4 nitrogen and oxygen atoms in total. The van der Waals surface area contributed by atoms with Crippen LogP contribution >= 0.6 is 0 Å². The normalized spacial score (nSPS) is 25.5. The Morgan fingerprint density at radius 1 is 0.588 bits per heavy atom. The molecule has 1 fully saturated rings. The standard InChI is InChI=1S/C11H3F19N2O2/c1-34-2(33)3(12,13)4(14,5(15,16)17)31-8(23,24)10(27,28)32(7(21,22)6(18,19)20)11(29,30)9(31,25)26/h1H3. The fraction of sp³-hybridized carbons (Fsp3) is 0.909. The van der Waals surface area contributed by atoms with Crippen molar-refractivity contribution in [1.29, 1.82) is 0 Å². The number of rotatable bonds is 4. The van der Waals surface area contributed by atoms with Crippen LogP contribution in [-0.2, 0) is 9.53 Å². The van der Waals surface area contributed by atoms with Gasteiger partial charge in [0.15, 0.2) is 0 Å². The number of carbonyl (C=O) groups is 1. The molecule has 23 heteroatoms. The van der Waals surface area contributed by atoms with Crippen LogP contribution in [0.4, 0.5) is 83.4 Å². The monoisotopic (exact) mass is 556 g/mol. The Hall–Kier alpha value is -1.94. The molecular weight excluding hydrogens is 553 g/mol. The molecule has 0 aromatic carbocycles. The minimum Gasteiger partial charge on any atom is -0.464 e. The molecule has 0 N–H and O–H groups in total. The molecule has 0 aromatic heterocycles. The summed E-state index contributed by atoms with van der Waals surface area (Å²) in [4.78, 5) is 1.47. The van der Waals surface area contributed by atoms with Gasteiger partial charge in [-0.05, 0) is 0 Å². The second-order valence-electron chi connectivity index (χ2n) is 6.06. The maximum absolute atomic E-state index is 14.4. The molecule has 0 radical (unpaired) electrons. The van der Waals surface area contributed by atoms with Gasteiger partial charge in [0.05, 0.1) is 7.11 Å². The summed E-state index contributed by atoms with van der Waals surface area (Å²) in [6.07, 6.45) is -16.0. The van der Waals surface area contributed by atoms with Gasteiger partial charge in [0.25, 0.3) is 0 Å². The number of methoxy groups -OCH3 is 1. The van der Waals surface area contributed by atoms with E-state index in [0.717, 1.165) is 0 Å². The molecule has 1 heterocycles. The lowest BCUT2D eigenvalue weighted by atomic mass is 9.99. The van der Waals surface area contributed by atoms with Gasteiger partial charge in [-0.2, -0.15) is 79.0 Å². The van der Waals surface area contributed by atoms with E-state index in [4.69, 9.17) is 0 Å². The number of ether oxygens (including phenoxy) is 1. The van der Waals surface area contributed by atoms with Crippen LogP contribution in [0, 0.1) is 0 Å². The van der Waals surface area contributed by atoms with E-state index in [1.807, 2.05) is 0 Å². The lowest BCUT2D eigenvalue weighted by Gasteiger charge is -2.57. The molecule has 1 unspecified atom stereocenters. The Balaban J connectivity index is 4.25. The Morgan fingerprint density at radius 2 is 0.882 bits per heavy atom. The van der Waals surface area contributed by atoms with Crippen LogP contribution < -0.4 is 0 Å². The first-order valence-electron chi connectivity index (χ1n) is 7.25. The van der Waals surface area contributed by atoms with Gasteiger partial charge in [0.1, 0.15) is 0 Å². The summed E-state index contributed by atoms with van der Waals surface area (Å²) in [5, 5.41) is 0. The summed E-state index contributed by atoms with van der Waals surface area (Å²) in [5.41, 5.74) is 0. The SMILES string of the molecule is COC(=O)C(F)(F)C(F)(N1C(F)(F)C(F)(F)N(C(F)(F)C(F)(F)F)C(F)(F)C1(F)F)C(F)(F)F. The summed E-state index contributed by atoms with van der Waals surface area (Å²) < 4.78 is 258. The number of halogens is 19. The van der Waals surface area contributed by atoms with E-state index >= 15 is 0 Å². The molecule has 202 valence electrons. The summed E-state index contributed by atoms with van der Waals surface area (Å²) >= 11 is 0. The highest BCUT2D eigenvalue weighted by Crippen LogP contribution is 2.67. The second-order valence-corrected chi connectivity index (χ2v) is 6.06. The van der Waals surface area contributed by atoms with Crippen LogP contribution in [0.25, 0.3) is 0 Å². The molecule has 0 amide bonds. The summed E-state index contributed by atoms with van der Waals surface area (Å²) in [7, 11) is -0.394. The third kappa shape index (κ3) is 3.35. The molecular formula is C11H3F19N2O2. The van der Waals surface area contributed by atoms with Crippen LogP contribution in [0.15, 0.2) is 0 Å². The lowest BCUT2D eigenvalue weighted by molar-refractivity contribution is -0.583. The predicted octanol–water partition coefficient (Wildman–Crippen LogP) is 5.17. The Morgan fingerprint density at radius 3 is 1.12 bits per heavy atom. The van der Waals surface area contributed by atoms with Crippen molar-refractivity contribution in [2.45, 2.75) is 54.3 Å². The van der Waals surface area contributed by atoms with Gasteiger partial charge in [-0.25, -0.2) is 9.18 Å². The van der Waals surface area contributed by atoms with E-state index in [0.29, 0.717) is 0 Å². The molecule has 1 aliphatic rings. The zero-order valence-corrected chi connectivity index (χ0v) is 14.9. The van der Waals surface area contributed by atoms with Crippen LogP contribution in [0.5, 0.6) is 0 Å². The average molecular weight is 556 g/mol. The van der Waals surface area contributed by atoms with Gasteiger partial charge >= 0.3 is 60.3 Å². The highest BCUT2D eigenvalue weighted by Gasteiger charge is 2.98. The van der Waals surface area contributed by atoms with Crippen molar-refractivity contribution in [3.63, 3.8) is 0 Å². The van der Waals surface area contributed by atoms with Gasteiger partial charge < -0.3 is 4.74 Å². The maximum Gasteiger partial charge on any atom is 0.469 e. The van der Waals surface area contributed by atoms with E-state index in [1.54, 1.807) is 0 Å². The van der Waals surface area contributed by atoms with Gasteiger partial charge in [-0.15, -0.1) is 4.90 Å². The third-order valence-electron chi connectivity index (χ3n) is 4.01. The maximum atomic E-state index is 14.4. The van der Waals surface area contributed by atoms with Crippen LogP contribution in [0.2, 0.25) is 0 Å². The molecule has 1 saturated heterocycles. The van der Waals surface area contributed by atoms with Crippen LogP contribution in [0.3, 0.4) is 0 Å². The molecule has 0 saturated carbocycles. The molecule has 1 aliphatic heterocycles. The van der Waals surface area contributed by atoms with E-state index < -0.39 is 77.2 Å². The fourth-order valence-corrected chi connectivity index (χ4v) is 2.47. The average Bonchev–Trinajstić information content (AvgIpc) is 2.56. The fourth-order valence-electron chi connectivity index (χ4n) is 2.47. The van der Waals surface area contributed by atoms with Crippen molar-refractivity contribution in [3.05, 3.63) is 0 Å². The van der Waals surface area contributed by atoms with Gasteiger partial charge in [-0.1, -0.05) is 4.90 Å². The highest BCUT2D eigenvalue weighted by atomic mass is 19.4. The van der Waals surface area contributed by atoms with Crippen LogP contribution in [0.1, 0.15) is 0 Å². The zero-order valence-electron chi connectivity index (χ0n) is 14.9. The van der Waals surface area contributed by atoms with Crippen molar-refractivity contribution >= 4 is 5.97 Å². The first-order chi connectivity index (χ1) is 14.5. The third-order valence-corrected chi connectivity index (χ3v) is 4.01. The minimum atomic E-state index is -8.41. The highest BCUT2D eigenvalue weighted by molar-refractivity contribution is 5.79. The molecule has 0 bridgehead atoms. The first-order valence-corrected chi connectivity index (χ1v) is 7.25. The molecule has 1 rings (SSSR count). The largest absolute Gasteiger partial charge is 0.469 e. The first kappa shape index (κ1) is 30.1. The minimum absolute atomic E-state index is 0.394. The van der Waals surface area contributed by atoms with E-state index in [1.165, 1.54) is 0 Å². The van der Waals surface area contributed by atoms with Crippen molar-refractivity contribution in [2.75, 3.05) is 7.11 Å². The van der Waals surface area contributed by atoms with Crippen molar-refractivity contribution in [1.82, 2.24) is 9.80 Å². The van der Waals surface area contributed by atoms with E-state index in [9.17, 15) is 88.2 Å². The molecule has 0 aromatic rings. The number of hydrogen-bond donors (Lipinski definition) is 0. The molecule has 1 atom stereocenters. The quantitative estimate of drug-likeness (QED) is 0.272. The Bertz CT molecular complexity index is 788.